The Balaban J connectivity index is 0.00000698. The number of hydrogen-bond acceptors (Lipinski definition) is 7. The van der Waals surface area contributed by atoms with Gasteiger partial charge in [0.25, 0.3) is 11.8 Å². The van der Waals surface area contributed by atoms with Crippen LogP contribution in [-0.4, -0.2) is 34.7 Å². The smallest absolute Gasteiger partial charge is 0.261 e. The lowest BCUT2D eigenvalue weighted by Crippen LogP contribution is -2.34. The molecule has 0 bridgehead atoms. The van der Waals surface area contributed by atoms with E-state index in [2.05, 4.69) is 141 Å². The summed E-state index contributed by atoms with van der Waals surface area (Å²) in [6.07, 6.45) is 45.5. The van der Waals surface area contributed by atoms with Gasteiger partial charge in [-0.3, -0.25) is 9.59 Å². The Morgan fingerprint density at radius 3 is 1.43 bits per heavy atom. The molecule has 0 saturated heterocycles. The minimum absolute atomic E-state index is 0.0128. The largest absolute Gasteiger partial charge is 0.460 e. The van der Waals surface area contributed by atoms with Crippen LogP contribution in [0.3, 0.4) is 0 Å². The van der Waals surface area contributed by atoms with Crippen molar-refractivity contribution < 1.29 is 14.0 Å². The summed E-state index contributed by atoms with van der Waals surface area (Å²) in [5.41, 5.74) is 5.54. The Morgan fingerprint density at radius 1 is 0.523 bits per heavy atom. The Kier molecular flexibility index (Phi) is 35.3. The van der Waals surface area contributed by atoms with Gasteiger partial charge in [0.05, 0.1) is 37.2 Å². The average Bonchev–Trinajstić information content (AvgIpc) is 1.95. The van der Waals surface area contributed by atoms with Gasteiger partial charge in [-0.05, 0) is 123 Å². The van der Waals surface area contributed by atoms with Gasteiger partial charge in [-0.2, -0.15) is 0 Å². The monoisotopic (exact) mass is 1280 g/mol. The van der Waals surface area contributed by atoms with Crippen LogP contribution >= 0.6 is 46.6 Å². The lowest BCUT2D eigenvalue weighted by atomic mass is 9.93. The fourth-order valence-corrected chi connectivity index (χ4v) is 16.6. The number of carbonyl (C=O) groups is 2. The van der Waals surface area contributed by atoms with Gasteiger partial charge >= 0.3 is 0 Å². The molecular weight excluding hydrogens is 1150 g/mol. The number of unbranched alkanes of at least 4 members (excludes halogenated alkanes) is 22. The van der Waals surface area contributed by atoms with Crippen molar-refractivity contribution >= 4 is 74.8 Å². The van der Waals surface area contributed by atoms with Crippen molar-refractivity contribution in [1.29, 1.82) is 0 Å². The highest BCUT2D eigenvalue weighted by Gasteiger charge is 2.50. The van der Waals surface area contributed by atoms with Crippen LogP contribution in [0.1, 0.15) is 328 Å². The number of rotatable bonds is 45. The summed E-state index contributed by atoms with van der Waals surface area (Å²) in [4.78, 5) is 44.5. The third-order valence-corrected chi connectivity index (χ3v) is 22.1. The molecule has 492 valence electrons. The van der Waals surface area contributed by atoms with E-state index in [1.165, 1.54) is 199 Å². The first kappa shape index (κ1) is 75.4. The van der Waals surface area contributed by atoms with Gasteiger partial charge in [-0.15, -0.1) is 46.6 Å². The van der Waals surface area contributed by atoms with Crippen LogP contribution in [0, 0.1) is 17.8 Å². The van der Waals surface area contributed by atoms with E-state index in [1.807, 2.05) is 25.2 Å². The second kappa shape index (κ2) is 41.3. The Morgan fingerprint density at radius 2 is 0.955 bits per heavy atom. The van der Waals surface area contributed by atoms with E-state index in [0.717, 1.165) is 87.4 Å². The lowest BCUT2D eigenvalue weighted by molar-refractivity contribution is -0.124. The molecule has 0 aromatic carbocycles. The average molecular weight is 1280 g/mol. The van der Waals surface area contributed by atoms with Crippen molar-refractivity contribution in [2.45, 2.75) is 314 Å². The number of nitrogens with zero attached hydrogens (tertiary/aromatic N) is 2. The van der Waals surface area contributed by atoms with Gasteiger partial charge in [-0.25, -0.2) is 0 Å². The number of allylic oxidation sites excluding steroid dienone is 3. The van der Waals surface area contributed by atoms with Gasteiger partial charge in [0.2, 0.25) is 0 Å². The number of furan rings is 1. The molecule has 2 aliphatic rings. The Bertz CT molecular complexity index is 2760. The highest BCUT2D eigenvalue weighted by atomic mass is 32.1. The molecule has 6 heterocycles. The molecule has 2 aliphatic heterocycles. The zero-order chi connectivity index (χ0) is 63.8. The quantitative estimate of drug-likeness (QED) is 0.0273. The zero-order valence-electron chi connectivity index (χ0n) is 58.2. The molecule has 88 heavy (non-hydrogen) atoms. The number of amides is 2. The summed E-state index contributed by atoms with van der Waals surface area (Å²) in [6.45, 7) is 30.2. The zero-order valence-corrected chi connectivity index (χ0v) is 61.5. The van der Waals surface area contributed by atoms with Crippen LogP contribution in [0.5, 0.6) is 0 Å². The maximum Gasteiger partial charge on any atom is 0.261 e. The lowest BCUT2D eigenvalue weighted by Gasteiger charge is -2.29. The Hall–Kier alpha value is -3.37. The third kappa shape index (κ3) is 23.3. The van der Waals surface area contributed by atoms with Crippen LogP contribution in [0.2, 0.25) is 0 Å². The predicted octanol–water partition coefficient (Wildman–Crippen LogP) is 26.5. The van der Waals surface area contributed by atoms with Crippen molar-refractivity contribution in [2.24, 2.45) is 17.8 Å². The van der Waals surface area contributed by atoms with Crippen molar-refractivity contribution in [3.8, 4) is 20.4 Å². The molecule has 4 aromatic heterocycles. The molecule has 0 N–H and O–H groups in total. The minimum atomic E-state index is -0.0881. The third-order valence-electron chi connectivity index (χ3n) is 18.0. The second-order valence-corrected chi connectivity index (χ2v) is 30.9. The van der Waals surface area contributed by atoms with Gasteiger partial charge < -0.3 is 14.2 Å². The van der Waals surface area contributed by atoms with Crippen molar-refractivity contribution in [2.75, 3.05) is 13.1 Å². The maximum atomic E-state index is 16.3. The summed E-state index contributed by atoms with van der Waals surface area (Å²) in [6, 6.07) is 15.7. The highest BCUT2D eigenvalue weighted by molar-refractivity contribution is 7.90. The second-order valence-electron chi connectivity index (χ2n) is 27.2. The molecule has 4 aromatic rings. The summed E-state index contributed by atoms with van der Waals surface area (Å²) in [7, 11) is 0. The molecular formula is C79H124N2O3S4. The summed E-state index contributed by atoms with van der Waals surface area (Å²) in [5, 5.41) is 0. The fraction of sp³-hybridized carbons (Fsp3) is 0.671. The van der Waals surface area contributed by atoms with Crippen LogP contribution in [-0.2, 0) is 21.4 Å². The molecule has 0 aliphatic carbocycles. The molecule has 9 heteroatoms. The predicted molar refractivity (Wildman–Crippen MR) is 394 cm³/mol. The number of aryl methyl sites for hydroxylation is 1. The van der Waals surface area contributed by atoms with Gasteiger partial charge in [0.15, 0.2) is 0 Å². The molecule has 0 spiro atoms. The van der Waals surface area contributed by atoms with Gasteiger partial charge in [-0.1, -0.05) is 269 Å². The number of hydrogen-bond donors (Lipinski definition) is 1. The maximum absolute atomic E-state index is 16.3. The molecule has 0 fully saturated rings. The van der Waals surface area contributed by atoms with Crippen LogP contribution in [0.4, 0.5) is 0 Å². The number of fused-ring (bicyclic) bond motifs is 1. The molecule has 6 rings (SSSR count). The van der Waals surface area contributed by atoms with Crippen molar-refractivity contribution in [3.05, 3.63) is 97.3 Å². The Labute approximate surface area is 557 Å². The van der Waals surface area contributed by atoms with Crippen LogP contribution < -0.4 is 0 Å². The number of thiophene rings is 3. The number of thiol groups is 1. The van der Waals surface area contributed by atoms with E-state index in [-0.39, 0.29) is 17.2 Å². The summed E-state index contributed by atoms with van der Waals surface area (Å²) < 4.78 is 6.68. The summed E-state index contributed by atoms with van der Waals surface area (Å²) in [5.74, 6) is 3.11. The molecule has 2 amide bonds. The molecule has 0 saturated carbocycles. The molecule has 2 unspecified atom stereocenters. The standard InChI is InChI=1S/C77H118N2O3S4.C2H6/c1-12-18-24-30-32-37-42-58(40-34-26-20-14-3)55-78-72(66-49-47-64(84-66)63(83)53-60(52-57(7)8)44-36-28-22-16-5)70-71(76(78)81)73(79(75(70)80)56-59(41-35-27-21-15-4)43-38-33-31-25-19-13-2)67-50-48-65(85-67)68-54-61(45-39-29-23-17-6)74(86-68)62-46-51-69(82-62)77(9,10)11;1-2/h46-54,57-59,83H,12-45,55-56H2,1-11H3;1-2H3/b60-52+,63-53-;. The number of carbonyl (C=O) groups excluding carboxylic acids is 2. The van der Waals surface area contributed by atoms with Crippen molar-refractivity contribution in [1.82, 2.24) is 9.80 Å². The minimum Gasteiger partial charge on any atom is -0.460 e. The molecule has 5 nitrogen and oxygen atoms in total. The van der Waals surface area contributed by atoms with E-state index < -0.39 is 0 Å². The first-order chi connectivity index (χ1) is 42.7. The molecule has 0 radical (unpaired) electrons. The van der Waals surface area contributed by atoms with E-state index in [0.29, 0.717) is 42.0 Å². The van der Waals surface area contributed by atoms with Gasteiger partial charge in [0.1, 0.15) is 11.5 Å². The first-order valence-corrected chi connectivity index (χ1v) is 39.3. The fourth-order valence-electron chi connectivity index (χ4n) is 13.0. The SMILES string of the molecule is CC.CCCCCCCCC(CCCCCC)CN1C(=O)C2=C(c3ccc(-c4cc(CCCCCC)c(-c5ccc(C(C)(C)C)o5)s4)s3)N(CC(CCCCCC)CCCCCCCC)C(=O)C2=C1c1ccc(/C(S)=C/C(=C/C(C)C)CCCCCC)s1. The van der Waals surface area contributed by atoms with E-state index in [4.69, 9.17) is 17.0 Å². The molecule has 2 atom stereocenters. The van der Waals surface area contributed by atoms with Gasteiger partial charge in [0, 0.05) is 38.0 Å². The van der Waals surface area contributed by atoms with Crippen molar-refractivity contribution in [3.63, 3.8) is 0 Å². The topological polar surface area (TPSA) is 53.8 Å². The summed E-state index contributed by atoms with van der Waals surface area (Å²) >= 11 is 10.6. The normalized spacial score (nSPS) is 14.8. The van der Waals surface area contributed by atoms with E-state index >= 15 is 9.59 Å². The van der Waals surface area contributed by atoms with Crippen LogP contribution in [0.25, 0.3) is 36.7 Å². The van der Waals surface area contributed by atoms with E-state index in [1.54, 1.807) is 22.7 Å². The van der Waals surface area contributed by atoms with Crippen LogP contribution in [0.15, 0.2) is 75.8 Å². The first-order valence-electron chi connectivity index (χ1n) is 36.4. The van der Waals surface area contributed by atoms with E-state index in [9.17, 15) is 0 Å². The highest BCUT2D eigenvalue weighted by Crippen LogP contribution is 2.52.